The molecule has 0 fully saturated rings. The molecule has 4 aromatic rings. The number of hydrogen-bond donors (Lipinski definition) is 4. The zero-order valence-corrected chi connectivity index (χ0v) is 19.1. The highest BCUT2D eigenvalue weighted by Gasteiger charge is 2.17. The van der Waals surface area contributed by atoms with Gasteiger partial charge < -0.3 is 20.9 Å². The van der Waals surface area contributed by atoms with Crippen molar-refractivity contribution in [2.45, 2.75) is 19.4 Å². The Hall–Kier alpha value is -4.17. The first-order valence-electron chi connectivity index (χ1n) is 10.7. The number of imidazole rings is 1. The van der Waals surface area contributed by atoms with Gasteiger partial charge in [-0.05, 0) is 42.3 Å². The number of nitrogens with zero attached hydrogens (tertiary/aromatic N) is 2. The molecule has 2 heterocycles. The van der Waals surface area contributed by atoms with E-state index in [4.69, 9.17) is 11.6 Å². The standard InChI is InChI=1S/C25H23ClN6O2/c1-2-20(23-28-15-21(30-23)16-7-4-3-5-8-16)31-25(34)29-19-10-6-9-17(13-19)24(33)32-22-12-11-18(26)14-27-22/h3-15,20H,2H2,1H3,(H,28,30)(H,27,32,33)(H2,29,31,34). The van der Waals surface area contributed by atoms with Crippen LogP contribution in [-0.4, -0.2) is 26.9 Å². The maximum absolute atomic E-state index is 12.6. The van der Waals surface area contributed by atoms with Crippen molar-refractivity contribution in [1.29, 1.82) is 0 Å². The summed E-state index contributed by atoms with van der Waals surface area (Å²) in [5, 5.41) is 8.87. The van der Waals surface area contributed by atoms with Gasteiger partial charge in [-0.2, -0.15) is 0 Å². The Morgan fingerprint density at radius 1 is 0.971 bits per heavy atom. The fourth-order valence-corrected chi connectivity index (χ4v) is 3.46. The second-order valence-corrected chi connectivity index (χ2v) is 7.94. The summed E-state index contributed by atoms with van der Waals surface area (Å²) in [6.45, 7) is 1.96. The first kappa shape index (κ1) is 23.0. The average molecular weight is 475 g/mol. The van der Waals surface area contributed by atoms with Gasteiger partial charge in [-0.1, -0.05) is 54.9 Å². The number of carbonyl (C=O) groups excluding carboxylic acids is 2. The first-order valence-corrected chi connectivity index (χ1v) is 11.1. The second-order valence-electron chi connectivity index (χ2n) is 7.50. The van der Waals surface area contributed by atoms with Gasteiger partial charge in [-0.25, -0.2) is 14.8 Å². The predicted molar refractivity (Wildman–Crippen MR) is 133 cm³/mol. The number of halogens is 1. The number of urea groups is 1. The molecule has 9 heteroatoms. The molecule has 0 saturated heterocycles. The first-order chi connectivity index (χ1) is 16.5. The average Bonchev–Trinajstić information content (AvgIpc) is 3.35. The van der Waals surface area contributed by atoms with Crippen LogP contribution >= 0.6 is 11.6 Å². The third kappa shape index (κ3) is 5.79. The summed E-state index contributed by atoms with van der Waals surface area (Å²) >= 11 is 5.82. The topological polar surface area (TPSA) is 112 Å². The van der Waals surface area contributed by atoms with Gasteiger partial charge in [-0.3, -0.25) is 4.79 Å². The Balaban J connectivity index is 1.39. The van der Waals surface area contributed by atoms with Crippen molar-refractivity contribution in [2.75, 3.05) is 10.6 Å². The van der Waals surface area contributed by atoms with Crippen molar-refractivity contribution < 1.29 is 9.59 Å². The molecule has 1 atom stereocenters. The van der Waals surface area contributed by atoms with Crippen molar-refractivity contribution in [2.24, 2.45) is 0 Å². The molecule has 4 N–H and O–H groups in total. The fraction of sp³-hybridized carbons (Fsp3) is 0.120. The molecular formula is C25H23ClN6O2. The quantitative estimate of drug-likeness (QED) is 0.277. The van der Waals surface area contributed by atoms with Gasteiger partial charge in [0.2, 0.25) is 0 Å². The Bertz CT molecular complexity index is 1270. The van der Waals surface area contributed by atoms with Gasteiger partial charge in [-0.15, -0.1) is 0 Å². The van der Waals surface area contributed by atoms with Crippen LogP contribution < -0.4 is 16.0 Å². The molecule has 8 nitrogen and oxygen atoms in total. The number of amides is 3. The minimum Gasteiger partial charge on any atom is -0.340 e. The van der Waals surface area contributed by atoms with E-state index in [-0.39, 0.29) is 11.9 Å². The van der Waals surface area contributed by atoms with Gasteiger partial charge in [0, 0.05) is 17.4 Å². The highest BCUT2D eigenvalue weighted by molar-refractivity contribution is 6.30. The number of aromatic amines is 1. The number of pyridine rings is 1. The Morgan fingerprint density at radius 3 is 2.53 bits per heavy atom. The summed E-state index contributed by atoms with van der Waals surface area (Å²) < 4.78 is 0. The number of H-pyrrole nitrogens is 1. The van der Waals surface area contributed by atoms with Crippen LogP contribution in [0.25, 0.3) is 11.3 Å². The number of nitrogens with one attached hydrogen (secondary N) is 4. The molecule has 0 saturated carbocycles. The number of rotatable bonds is 7. The van der Waals surface area contributed by atoms with Gasteiger partial charge >= 0.3 is 6.03 Å². The van der Waals surface area contributed by atoms with E-state index < -0.39 is 6.03 Å². The van der Waals surface area contributed by atoms with Crippen LogP contribution in [0.2, 0.25) is 5.02 Å². The lowest BCUT2D eigenvalue weighted by molar-refractivity contribution is 0.102. The summed E-state index contributed by atoms with van der Waals surface area (Å²) in [7, 11) is 0. The molecule has 0 radical (unpaired) electrons. The van der Waals surface area contributed by atoms with Gasteiger partial charge in [0.15, 0.2) is 0 Å². The summed E-state index contributed by atoms with van der Waals surface area (Å²) in [6.07, 6.45) is 3.85. The largest absolute Gasteiger partial charge is 0.340 e. The maximum Gasteiger partial charge on any atom is 0.319 e. The molecular weight excluding hydrogens is 452 g/mol. The van der Waals surface area contributed by atoms with E-state index in [9.17, 15) is 9.59 Å². The maximum atomic E-state index is 12.6. The van der Waals surface area contributed by atoms with Crippen LogP contribution in [0.15, 0.2) is 79.1 Å². The van der Waals surface area contributed by atoms with Crippen molar-refractivity contribution in [3.63, 3.8) is 0 Å². The third-order valence-corrected chi connectivity index (χ3v) is 5.30. The number of hydrogen-bond acceptors (Lipinski definition) is 4. The normalized spacial score (nSPS) is 11.5. The van der Waals surface area contributed by atoms with E-state index in [1.54, 1.807) is 42.6 Å². The molecule has 2 aromatic heterocycles. The highest BCUT2D eigenvalue weighted by Crippen LogP contribution is 2.21. The van der Waals surface area contributed by atoms with Crippen LogP contribution in [0.1, 0.15) is 35.6 Å². The van der Waals surface area contributed by atoms with Crippen molar-refractivity contribution in [3.8, 4) is 11.3 Å². The predicted octanol–water partition coefficient (Wildman–Crippen LogP) is 5.65. The monoisotopic (exact) mass is 474 g/mol. The molecule has 0 aliphatic carbocycles. The lowest BCUT2D eigenvalue weighted by atomic mass is 10.2. The molecule has 4 rings (SSSR count). The van der Waals surface area contributed by atoms with Crippen LogP contribution in [0, 0.1) is 0 Å². The van der Waals surface area contributed by atoms with Gasteiger partial charge in [0.1, 0.15) is 11.6 Å². The summed E-state index contributed by atoms with van der Waals surface area (Å²) in [5.74, 6) is 0.694. The lowest BCUT2D eigenvalue weighted by Gasteiger charge is -2.16. The molecule has 3 amide bonds. The Kier molecular flexibility index (Phi) is 7.19. The van der Waals surface area contributed by atoms with Gasteiger partial charge in [0.05, 0.1) is 23.0 Å². The molecule has 0 aliphatic rings. The molecule has 0 spiro atoms. The minimum absolute atomic E-state index is 0.306. The zero-order chi connectivity index (χ0) is 23.9. The lowest BCUT2D eigenvalue weighted by Crippen LogP contribution is -2.33. The molecule has 0 aliphatic heterocycles. The number of aromatic nitrogens is 3. The van der Waals surface area contributed by atoms with E-state index in [2.05, 4.69) is 30.9 Å². The second kappa shape index (κ2) is 10.6. The fourth-order valence-electron chi connectivity index (χ4n) is 3.34. The number of anilines is 2. The SMILES string of the molecule is CCC(NC(=O)Nc1cccc(C(=O)Nc2ccc(Cl)cn2)c1)c1ncc(-c2ccccc2)[nH]1. The molecule has 2 aromatic carbocycles. The summed E-state index contributed by atoms with van der Waals surface area (Å²) in [4.78, 5) is 37.0. The van der Waals surface area contributed by atoms with Crippen LogP contribution in [0.5, 0.6) is 0 Å². The summed E-state index contributed by atoms with van der Waals surface area (Å²) in [5.41, 5.74) is 2.75. The molecule has 0 bridgehead atoms. The van der Waals surface area contributed by atoms with E-state index >= 15 is 0 Å². The van der Waals surface area contributed by atoms with Crippen molar-refractivity contribution >= 4 is 35.0 Å². The van der Waals surface area contributed by atoms with Crippen LogP contribution in [0.3, 0.4) is 0 Å². The number of benzene rings is 2. The van der Waals surface area contributed by atoms with E-state index in [1.165, 1.54) is 6.20 Å². The molecule has 34 heavy (non-hydrogen) atoms. The van der Waals surface area contributed by atoms with Crippen LogP contribution in [-0.2, 0) is 0 Å². The highest BCUT2D eigenvalue weighted by atomic mass is 35.5. The molecule has 1 unspecified atom stereocenters. The minimum atomic E-state index is -0.401. The van der Waals surface area contributed by atoms with Crippen molar-refractivity contribution in [1.82, 2.24) is 20.3 Å². The Labute approximate surface area is 201 Å². The smallest absolute Gasteiger partial charge is 0.319 e. The zero-order valence-electron chi connectivity index (χ0n) is 18.4. The number of carbonyl (C=O) groups is 2. The Morgan fingerprint density at radius 2 is 1.79 bits per heavy atom. The van der Waals surface area contributed by atoms with Crippen LogP contribution in [0.4, 0.5) is 16.3 Å². The van der Waals surface area contributed by atoms with Gasteiger partial charge in [0.25, 0.3) is 5.91 Å². The van der Waals surface area contributed by atoms with E-state index in [0.717, 1.165) is 11.3 Å². The third-order valence-electron chi connectivity index (χ3n) is 5.08. The molecule has 172 valence electrons. The van der Waals surface area contributed by atoms with E-state index in [0.29, 0.717) is 34.3 Å². The summed E-state index contributed by atoms with van der Waals surface area (Å²) in [6, 6.07) is 19.0. The van der Waals surface area contributed by atoms with E-state index in [1.807, 2.05) is 37.3 Å². The van der Waals surface area contributed by atoms with Crippen molar-refractivity contribution in [3.05, 3.63) is 95.5 Å².